The fourth-order valence-electron chi connectivity index (χ4n) is 2.99. The first-order chi connectivity index (χ1) is 15.3. The quantitative estimate of drug-likeness (QED) is 0.549. The van der Waals surface area contributed by atoms with Crippen LogP contribution < -0.4 is 29.6 Å². The third-order valence-corrected chi connectivity index (χ3v) is 4.84. The van der Waals surface area contributed by atoms with Gasteiger partial charge in [0.15, 0.2) is 11.5 Å². The Hall–Kier alpha value is -3.68. The van der Waals surface area contributed by atoms with E-state index < -0.39 is 6.04 Å². The van der Waals surface area contributed by atoms with E-state index >= 15 is 0 Å². The Morgan fingerprint density at radius 1 is 0.844 bits per heavy atom. The van der Waals surface area contributed by atoms with E-state index in [1.807, 2.05) is 19.1 Å². The Balaban J connectivity index is 1.99. The van der Waals surface area contributed by atoms with Gasteiger partial charge in [-0.3, -0.25) is 9.59 Å². The van der Waals surface area contributed by atoms with Crippen molar-refractivity contribution in [1.29, 1.82) is 0 Å². The third-order valence-electron chi connectivity index (χ3n) is 4.84. The third kappa shape index (κ3) is 6.41. The topological polar surface area (TPSA) is 95.1 Å². The van der Waals surface area contributed by atoms with Crippen LogP contribution in [-0.4, -0.2) is 46.3 Å². The number of rotatable bonds is 10. The zero-order chi connectivity index (χ0) is 23.7. The van der Waals surface area contributed by atoms with E-state index in [4.69, 9.17) is 18.9 Å². The molecule has 8 nitrogen and oxygen atoms in total. The van der Waals surface area contributed by atoms with Crippen LogP contribution in [0.3, 0.4) is 0 Å². The van der Waals surface area contributed by atoms with Gasteiger partial charge in [-0.15, -0.1) is 0 Å². The van der Waals surface area contributed by atoms with E-state index in [2.05, 4.69) is 10.6 Å². The molecule has 0 aliphatic heterocycles. The number of hydrogen-bond donors (Lipinski definition) is 2. The molecule has 0 heterocycles. The van der Waals surface area contributed by atoms with Gasteiger partial charge in [0.25, 0.3) is 0 Å². The van der Waals surface area contributed by atoms with E-state index in [-0.39, 0.29) is 17.9 Å². The Kier molecular flexibility index (Phi) is 8.95. The van der Waals surface area contributed by atoms with Crippen LogP contribution in [-0.2, 0) is 9.59 Å². The molecule has 8 heteroatoms. The van der Waals surface area contributed by atoms with Gasteiger partial charge >= 0.3 is 0 Å². The van der Waals surface area contributed by atoms with Gasteiger partial charge in [-0.05, 0) is 55.3 Å². The van der Waals surface area contributed by atoms with Crippen molar-refractivity contribution in [2.24, 2.45) is 0 Å². The monoisotopic (exact) mass is 442 g/mol. The number of carbonyl (C=O) groups is 2. The van der Waals surface area contributed by atoms with E-state index in [1.54, 1.807) is 44.4 Å². The molecule has 0 bridgehead atoms. The summed E-state index contributed by atoms with van der Waals surface area (Å²) in [6.45, 7) is 3.45. The maximum absolute atomic E-state index is 12.6. The zero-order valence-electron chi connectivity index (χ0n) is 19.2. The SMILES string of the molecule is COc1ccc(/C=C/C(=O)NC(C)C(=O)NC(C)c2cc(OC)c(OC)c(OC)c2)cc1. The molecule has 2 rings (SSSR count). The van der Waals surface area contributed by atoms with E-state index in [1.165, 1.54) is 27.4 Å². The normalized spacial score (nSPS) is 12.6. The Labute approximate surface area is 188 Å². The van der Waals surface area contributed by atoms with E-state index in [9.17, 15) is 9.59 Å². The van der Waals surface area contributed by atoms with Gasteiger partial charge in [-0.25, -0.2) is 0 Å². The molecule has 0 aromatic heterocycles. The maximum Gasteiger partial charge on any atom is 0.244 e. The Morgan fingerprint density at radius 3 is 1.94 bits per heavy atom. The number of amides is 2. The summed E-state index contributed by atoms with van der Waals surface area (Å²) in [5.74, 6) is 1.50. The summed E-state index contributed by atoms with van der Waals surface area (Å²) < 4.78 is 21.2. The summed E-state index contributed by atoms with van der Waals surface area (Å²) in [4.78, 5) is 24.8. The van der Waals surface area contributed by atoms with Crippen LogP contribution in [0, 0.1) is 0 Å². The summed E-state index contributed by atoms with van der Waals surface area (Å²) >= 11 is 0. The molecule has 2 aromatic carbocycles. The minimum absolute atomic E-state index is 0.322. The molecule has 0 saturated carbocycles. The molecule has 2 aromatic rings. The molecular formula is C24H30N2O6. The molecule has 32 heavy (non-hydrogen) atoms. The van der Waals surface area contributed by atoms with Crippen molar-refractivity contribution < 1.29 is 28.5 Å². The summed E-state index contributed by atoms with van der Waals surface area (Å²) in [5.41, 5.74) is 1.61. The second-order valence-corrected chi connectivity index (χ2v) is 7.03. The largest absolute Gasteiger partial charge is 0.497 e. The molecule has 2 unspecified atom stereocenters. The lowest BCUT2D eigenvalue weighted by Gasteiger charge is -2.20. The van der Waals surface area contributed by atoms with Gasteiger partial charge in [-0.1, -0.05) is 12.1 Å². The summed E-state index contributed by atoms with van der Waals surface area (Å²) in [6, 6.07) is 9.73. The smallest absolute Gasteiger partial charge is 0.244 e. The minimum atomic E-state index is -0.729. The van der Waals surface area contributed by atoms with Gasteiger partial charge in [-0.2, -0.15) is 0 Å². The van der Waals surface area contributed by atoms with Crippen molar-refractivity contribution in [3.05, 3.63) is 53.6 Å². The summed E-state index contributed by atoms with van der Waals surface area (Å²) in [7, 11) is 6.18. The first kappa shape index (κ1) is 24.6. The van der Waals surface area contributed by atoms with Gasteiger partial charge in [0.1, 0.15) is 11.8 Å². The van der Waals surface area contributed by atoms with Crippen molar-refractivity contribution in [2.75, 3.05) is 28.4 Å². The van der Waals surface area contributed by atoms with Crippen LogP contribution >= 0.6 is 0 Å². The standard InChI is InChI=1S/C24H30N2O6/c1-15(18-13-20(30-4)23(32-6)21(14-18)31-5)26-24(28)16(2)25-22(27)12-9-17-7-10-19(29-3)11-8-17/h7-16H,1-6H3,(H,25,27)(H,26,28)/b12-9+. The van der Waals surface area contributed by atoms with Crippen LogP contribution in [0.4, 0.5) is 0 Å². The second-order valence-electron chi connectivity index (χ2n) is 7.03. The lowest BCUT2D eigenvalue weighted by molar-refractivity contribution is -0.127. The van der Waals surface area contributed by atoms with Crippen molar-refractivity contribution in [3.63, 3.8) is 0 Å². The summed E-state index contributed by atoms with van der Waals surface area (Å²) in [6.07, 6.45) is 3.05. The highest BCUT2D eigenvalue weighted by Gasteiger charge is 2.20. The van der Waals surface area contributed by atoms with E-state index in [0.717, 1.165) is 16.9 Å². The van der Waals surface area contributed by atoms with Crippen molar-refractivity contribution in [2.45, 2.75) is 25.9 Å². The van der Waals surface area contributed by atoms with Gasteiger partial charge in [0.05, 0.1) is 34.5 Å². The summed E-state index contributed by atoms with van der Waals surface area (Å²) in [5, 5.41) is 5.55. The minimum Gasteiger partial charge on any atom is -0.497 e. The molecular weight excluding hydrogens is 412 g/mol. The van der Waals surface area contributed by atoms with Crippen LogP contribution in [0.5, 0.6) is 23.0 Å². The van der Waals surface area contributed by atoms with Crippen molar-refractivity contribution in [1.82, 2.24) is 10.6 Å². The van der Waals surface area contributed by atoms with Crippen molar-refractivity contribution >= 4 is 17.9 Å². The number of benzene rings is 2. The number of hydrogen-bond acceptors (Lipinski definition) is 6. The van der Waals surface area contributed by atoms with Gasteiger partial charge in [0.2, 0.25) is 17.6 Å². The first-order valence-electron chi connectivity index (χ1n) is 10.1. The Bertz CT molecular complexity index is 930. The highest BCUT2D eigenvalue weighted by molar-refractivity contribution is 5.95. The van der Waals surface area contributed by atoms with Crippen LogP contribution in [0.2, 0.25) is 0 Å². The average molecular weight is 443 g/mol. The molecule has 2 amide bonds. The molecule has 0 radical (unpaired) electrons. The van der Waals surface area contributed by atoms with Crippen LogP contribution in [0.25, 0.3) is 6.08 Å². The van der Waals surface area contributed by atoms with Gasteiger partial charge in [0, 0.05) is 6.08 Å². The molecule has 0 aliphatic carbocycles. The van der Waals surface area contributed by atoms with Crippen molar-refractivity contribution in [3.8, 4) is 23.0 Å². The molecule has 0 aliphatic rings. The number of nitrogens with one attached hydrogen (secondary N) is 2. The molecule has 0 fully saturated rings. The second kappa shape index (κ2) is 11.6. The molecule has 172 valence electrons. The maximum atomic E-state index is 12.6. The fourth-order valence-corrected chi connectivity index (χ4v) is 2.99. The predicted octanol–water partition coefficient (Wildman–Crippen LogP) is 3.12. The zero-order valence-corrected chi connectivity index (χ0v) is 19.2. The highest BCUT2D eigenvalue weighted by atomic mass is 16.5. The lowest BCUT2D eigenvalue weighted by Crippen LogP contribution is -2.45. The fraction of sp³-hybridized carbons (Fsp3) is 0.333. The number of methoxy groups -OCH3 is 4. The molecule has 0 saturated heterocycles. The number of carbonyl (C=O) groups excluding carboxylic acids is 2. The lowest BCUT2D eigenvalue weighted by atomic mass is 10.1. The van der Waals surface area contributed by atoms with Gasteiger partial charge < -0.3 is 29.6 Å². The number of ether oxygens (including phenoxy) is 4. The Morgan fingerprint density at radius 2 is 1.44 bits per heavy atom. The molecule has 2 N–H and O–H groups in total. The first-order valence-corrected chi connectivity index (χ1v) is 10.1. The van der Waals surface area contributed by atoms with Crippen LogP contribution in [0.1, 0.15) is 31.0 Å². The molecule has 2 atom stereocenters. The predicted molar refractivity (Wildman–Crippen MR) is 122 cm³/mol. The molecule has 0 spiro atoms. The average Bonchev–Trinajstić information content (AvgIpc) is 2.81. The van der Waals surface area contributed by atoms with Crippen LogP contribution in [0.15, 0.2) is 42.5 Å². The van der Waals surface area contributed by atoms with E-state index in [0.29, 0.717) is 17.2 Å². The highest BCUT2D eigenvalue weighted by Crippen LogP contribution is 2.39.